The fourth-order valence-corrected chi connectivity index (χ4v) is 5.31. The maximum absolute atomic E-state index is 13.1. The van der Waals surface area contributed by atoms with Crippen LogP contribution in [0.1, 0.15) is 44.4 Å². The van der Waals surface area contributed by atoms with E-state index >= 15 is 0 Å². The average Bonchev–Trinajstić information content (AvgIpc) is 3.14. The van der Waals surface area contributed by atoms with Crippen LogP contribution in [0.25, 0.3) is 21.1 Å². The smallest absolute Gasteiger partial charge is 0.291 e. The Labute approximate surface area is 162 Å². The highest BCUT2D eigenvalue weighted by Gasteiger charge is 2.23. The van der Waals surface area contributed by atoms with E-state index in [1.807, 2.05) is 11.5 Å². The molecule has 7 heteroatoms. The monoisotopic (exact) mass is 386 g/mol. The van der Waals surface area contributed by atoms with E-state index in [0.717, 1.165) is 34.9 Å². The lowest BCUT2D eigenvalue weighted by Gasteiger charge is -2.29. The molecule has 0 aromatic carbocycles. The van der Waals surface area contributed by atoms with Crippen molar-refractivity contribution < 1.29 is 4.79 Å². The van der Waals surface area contributed by atoms with E-state index in [9.17, 15) is 9.59 Å². The maximum Gasteiger partial charge on any atom is 0.291 e. The Hall–Kier alpha value is -2.15. The summed E-state index contributed by atoms with van der Waals surface area (Å²) in [5, 5.41) is 8.29. The van der Waals surface area contributed by atoms with Crippen LogP contribution in [0.15, 0.2) is 17.1 Å². The zero-order chi connectivity index (χ0) is 19.1. The van der Waals surface area contributed by atoms with Crippen LogP contribution < -0.4 is 10.9 Å². The largest absolute Gasteiger partial charge is 0.351 e. The van der Waals surface area contributed by atoms with Crippen molar-refractivity contribution in [3.8, 4) is 0 Å². The summed E-state index contributed by atoms with van der Waals surface area (Å²) in [6.07, 6.45) is 6.28. The molecule has 3 heterocycles. The standard InChI is InChI=1S/C20H26N4O2S/c1-4-23-16-9-13(3)27-19(16)14-10-21-24(20(26)18(14)23)11-17(25)22-15-8-6-5-7-12(15)2/h9-10,12,15H,4-8,11H2,1-3H3,(H,22,25)/t12-,15+/m1/s1. The SMILES string of the molecule is CCn1c2cc(C)sc2c2cnn(CC(=O)N[C@H]3CCCC[C@H]3C)c(=O)c21. The topological polar surface area (TPSA) is 68.9 Å². The molecule has 2 atom stereocenters. The number of carbonyl (C=O) groups is 1. The molecule has 0 spiro atoms. The van der Waals surface area contributed by atoms with Crippen LogP contribution in [0.5, 0.6) is 0 Å². The second-order valence-electron chi connectivity index (χ2n) is 7.62. The van der Waals surface area contributed by atoms with Gasteiger partial charge in [0.1, 0.15) is 12.1 Å². The van der Waals surface area contributed by atoms with Crippen molar-refractivity contribution in [1.82, 2.24) is 19.7 Å². The number of carbonyl (C=O) groups excluding carboxylic acids is 1. The minimum Gasteiger partial charge on any atom is -0.351 e. The van der Waals surface area contributed by atoms with Gasteiger partial charge in [0.05, 0.1) is 16.4 Å². The molecule has 1 aliphatic rings. The molecular weight excluding hydrogens is 360 g/mol. The number of fused-ring (bicyclic) bond motifs is 3. The Morgan fingerprint density at radius 3 is 2.89 bits per heavy atom. The fraction of sp³-hybridized carbons (Fsp3) is 0.550. The first-order chi connectivity index (χ1) is 13.0. The van der Waals surface area contributed by atoms with Crippen molar-refractivity contribution in [3.63, 3.8) is 0 Å². The molecule has 27 heavy (non-hydrogen) atoms. The average molecular weight is 387 g/mol. The van der Waals surface area contributed by atoms with Crippen molar-refractivity contribution in [2.75, 3.05) is 0 Å². The molecule has 4 rings (SSSR count). The summed E-state index contributed by atoms with van der Waals surface area (Å²) in [4.78, 5) is 26.8. The van der Waals surface area contributed by atoms with Crippen molar-refractivity contribution in [3.05, 3.63) is 27.5 Å². The lowest BCUT2D eigenvalue weighted by molar-refractivity contribution is -0.123. The van der Waals surface area contributed by atoms with Crippen LogP contribution >= 0.6 is 11.3 Å². The molecular formula is C20H26N4O2S. The summed E-state index contributed by atoms with van der Waals surface area (Å²) in [5.41, 5.74) is 1.53. The second kappa shape index (κ2) is 7.11. The van der Waals surface area contributed by atoms with Gasteiger partial charge in [-0.15, -0.1) is 11.3 Å². The van der Waals surface area contributed by atoms with E-state index in [-0.39, 0.29) is 24.1 Å². The third-order valence-electron chi connectivity index (χ3n) is 5.73. The number of aromatic nitrogens is 3. The van der Waals surface area contributed by atoms with Gasteiger partial charge in [0.25, 0.3) is 5.56 Å². The van der Waals surface area contributed by atoms with Crippen molar-refractivity contribution in [1.29, 1.82) is 0 Å². The van der Waals surface area contributed by atoms with Gasteiger partial charge in [0.2, 0.25) is 5.91 Å². The summed E-state index contributed by atoms with van der Waals surface area (Å²) in [7, 11) is 0. The summed E-state index contributed by atoms with van der Waals surface area (Å²) >= 11 is 1.68. The number of rotatable bonds is 4. The predicted molar refractivity (Wildman–Crippen MR) is 109 cm³/mol. The maximum atomic E-state index is 13.1. The molecule has 0 aliphatic heterocycles. The zero-order valence-electron chi connectivity index (χ0n) is 16.1. The first-order valence-corrected chi connectivity index (χ1v) is 10.6. The molecule has 1 saturated carbocycles. The van der Waals surface area contributed by atoms with E-state index < -0.39 is 0 Å². The van der Waals surface area contributed by atoms with Crippen LogP contribution in [-0.2, 0) is 17.9 Å². The highest BCUT2D eigenvalue weighted by atomic mass is 32.1. The lowest BCUT2D eigenvalue weighted by Crippen LogP contribution is -2.43. The van der Waals surface area contributed by atoms with Gasteiger partial charge in [0.15, 0.2) is 0 Å². The summed E-state index contributed by atoms with van der Waals surface area (Å²) < 4.78 is 4.44. The number of nitrogens with one attached hydrogen (secondary N) is 1. The Morgan fingerprint density at radius 1 is 1.37 bits per heavy atom. The zero-order valence-corrected chi connectivity index (χ0v) is 16.9. The summed E-state index contributed by atoms with van der Waals surface area (Å²) in [6, 6.07) is 2.32. The van der Waals surface area contributed by atoms with Gasteiger partial charge in [-0.25, -0.2) is 4.68 Å². The van der Waals surface area contributed by atoms with Crippen LogP contribution in [0.2, 0.25) is 0 Å². The van der Waals surface area contributed by atoms with Gasteiger partial charge >= 0.3 is 0 Å². The van der Waals surface area contributed by atoms with E-state index in [2.05, 4.69) is 30.3 Å². The van der Waals surface area contributed by atoms with Crippen molar-refractivity contribution in [2.45, 2.75) is 65.6 Å². The third-order valence-corrected chi connectivity index (χ3v) is 6.80. The number of nitrogens with zero attached hydrogens (tertiary/aromatic N) is 3. The van der Waals surface area contributed by atoms with Gasteiger partial charge < -0.3 is 9.88 Å². The first-order valence-electron chi connectivity index (χ1n) is 9.77. The Morgan fingerprint density at radius 2 is 2.15 bits per heavy atom. The van der Waals surface area contributed by atoms with E-state index in [1.54, 1.807) is 17.5 Å². The second-order valence-corrected chi connectivity index (χ2v) is 8.88. The highest BCUT2D eigenvalue weighted by molar-refractivity contribution is 7.20. The number of hydrogen-bond acceptors (Lipinski definition) is 4. The molecule has 0 saturated heterocycles. The van der Waals surface area contributed by atoms with Crippen molar-refractivity contribution in [2.24, 2.45) is 5.92 Å². The third kappa shape index (κ3) is 3.18. The van der Waals surface area contributed by atoms with Gasteiger partial charge in [0, 0.05) is 22.8 Å². The molecule has 3 aromatic heterocycles. The van der Waals surface area contributed by atoms with E-state index in [4.69, 9.17) is 0 Å². The highest BCUT2D eigenvalue weighted by Crippen LogP contribution is 2.33. The normalized spacial score (nSPS) is 20.4. The molecule has 1 aliphatic carbocycles. The van der Waals surface area contributed by atoms with Gasteiger partial charge in [-0.3, -0.25) is 9.59 Å². The molecule has 1 amide bonds. The van der Waals surface area contributed by atoms with Crippen LogP contribution in [0.3, 0.4) is 0 Å². The summed E-state index contributed by atoms with van der Waals surface area (Å²) in [5.74, 6) is 0.358. The Bertz CT molecular complexity index is 1060. The van der Waals surface area contributed by atoms with Gasteiger partial charge in [-0.1, -0.05) is 19.8 Å². The predicted octanol–water partition coefficient (Wildman–Crippen LogP) is 3.44. The number of hydrogen-bond donors (Lipinski definition) is 1. The molecule has 1 N–H and O–H groups in total. The van der Waals surface area contributed by atoms with Crippen LogP contribution in [0, 0.1) is 12.8 Å². The van der Waals surface area contributed by atoms with E-state index in [0.29, 0.717) is 18.0 Å². The molecule has 144 valence electrons. The Balaban J connectivity index is 1.65. The van der Waals surface area contributed by atoms with Gasteiger partial charge in [-0.05, 0) is 38.7 Å². The molecule has 0 bridgehead atoms. The molecule has 0 unspecified atom stereocenters. The molecule has 1 fully saturated rings. The number of amides is 1. The van der Waals surface area contributed by atoms with E-state index in [1.165, 1.54) is 16.0 Å². The fourth-order valence-electron chi connectivity index (χ4n) is 4.28. The number of aryl methyl sites for hydroxylation is 2. The first kappa shape index (κ1) is 18.2. The van der Waals surface area contributed by atoms with Crippen LogP contribution in [0.4, 0.5) is 0 Å². The lowest BCUT2D eigenvalue weighted by atomic mass is 9.86. The molecule has 6 nitrogen and oxygen atoms in total. The van der Waals surface area contributed by atoms with Crippen LogP contribution in [-0.4, -0.2) is 26.3 Å². The van der Waals surface area contributed by atoms with Gasteiger partial charge in [-0.2, -0.15) is 5.10 Å². The quantitative estimate of drug-likeness (QED) is 0.747. The van der Waals surface area contributed by atoms with Crippen molar-refractivity contribution >= 4 is 38.4 Å². The molecule has 3 aromatic rings. The minimum atomic E-state index is -0.192. The molecule has 0 radical (unpaired) electrons. The number of thiophene rings is 1. The Kier molecular flexibility index (Phi) is 4.80. The minimum absolute atomic E-state index is 0.0282. The summed E-state index contributed by atoms with van der Waals surface area (Å²) in [6.45, 7) is 6.97.